The molecule has 0 amide bonds. The van der Waals surface area contributed by atoms with Crippen molar-refractivity contribution in [1.82, 2.24) is 0 Å². The van der Waals surface area contributed by atoms with Gasteiger partial charge in [-0.2, -0.15) is 0 Å². The van der Waals surface area contributed by atoms with Crippen molar-refractivity contribution >= 4 is 12.1 Å². The van der Waals surface area contributed by atoms with Crippen LogP contribution in [0.2, 0.25) is 0 Å². The first-order valence-corrected chi connectivity index (χ1v) is 7.71. The average molecular weight is 302 g/mol. The van der Waals surface area contributed by atoms with Crippen LogP contribution in [0.4, 0.5) is 0 Å². The van der Waals surface area contributed by atoms with Crippen molar-refractivity contribution in [3.63, 3.8) is 0 Å². The first kappa shape index (κ1) is 15.2. The molecule has 3 atom stereocenters. The number of ketones is 1. The van der Waals surface area contributed by atoms with Crippen LogP contribution in [0.15, 0.2) is 24.3 Å². The summed E-state index contributed by atoms with van der Waals surface area (Å²) in [6.45, 7) is 4.42. The first-order valence-electron chi connectivity index (χ1n) is 7.71. The van der Waals surface area contributed by atoms with Gasteiger partial charge in [0, 0.05) is 0 Å². The van der Waals surface area contributed by atoms with Gasteiger partial charge >= 0.3 is 0 Å². The number of fused-ring (bicyclic) bond motifs is 2. The molecular weight excluding hydrogens is 280 g/mol. The highest BCUT2D eigenvalue weighted by molar-refractivity contribution is 6.05. The molecule has 2 unspecified atom stereocenters. The predicted octanol–water partition coefficient (Wildman–Crippen LogP) is 2.78. The van der Waals surface area contributed by atoms with E-state index in [0.29, 0.717) is 13.0 Å². The fourth-order valence-electron chi connectivity index (χ4n) is 4.17. The van der Waals surface area contributed by atoms with Gasteiger partial charge in [0.05, 0.1) is 19.1 Å². The maximum Gasteiger partial charge on any atom is 0.175 e. The number of hydrogen-bond acceptors (Lipinski definition) is 4. The Kier molecular flexibility index (Phi) is 3.60. The van der Waals surface area contributed by atoms with Gasteiger partial charge in [-0.3, -0.25) is 4.79 Å². The highest BCUT2D eigenvalue weighted by Crippen LogP contribution is 2.63. The molecule has 22 heavy (non-hydrogen) atoms. The normalized spacial score (nSPS) is 32.2. The molecule has 2 saturated carbocycles. The maximum atomic E-state index is 12.7. The topological polar surface area (TPSA) is 52.6 Å². The molecule has 118 valence electrons. The van der Waals surface area contributed by atoms with Gasteiger partial charge in [0.1, 0.15) is 18.1 Å². The summed E-state index contributed by atoms with van der Waals surface area (Å²) < 4.78 is 11.0. The molecule has 2 aliphatic carbocycles. The third-order valence-corrected chi connectivity index (χ3v) is 5.78. The van der Waals surface area contributed by atoms with Crippen LogP contribution >= 0.6 is 0 Å². The van der Waals surface area contributed by atoms with Gasteiger partial charge in [0.2, 0.25) is 0 Å². The van der Waals surface area contributed by atoms with E-state index in [1.165, 1.54) is 0 Å². The lowest BCUT2D eigenvalue weighted by molar-refractivity contribution is -0.143. The summed E-state index contributed by atoms with van der Waals surface area (Å²) >= 11 is 0. The third-order valence-electron chi connectivity index (χ3n) is 5.78. The first-order chi connectivity index (χ1) is 10.5. The molecule has 0 aliphatic heterocycles. The zero-order chi connectivity index (χ0) is 16.0. The van der Waals surface area contributed by atoms with Crippen LogP contribution in [0.5, 0.6) is 5.75 Å². The Labute approximate surface area is 130 Å². The lowest BCUT2D eigenvalue weighted by Gasteiger charge is -2.30. The van der Waals surface area contributed by atoms with Gasteiger partial charge in [-0.15, -0.1) is 0 Å². The van der Waals surface area contributed by atoms with E-state index in [-0.39, 0.29) is 17.1 Å². The monoisotopic (exact) mass is 302 g/mol. The van der Waals surface area contributed by atoms with E-state index >= 15 is 0 Å². The van der Waals surface area contributed by atoms with Crippen molar-refractivity contribution in [3.05, 3.63) is 29.8 Å². The molecule has 1 aromatic rings. The predicted molar refractivity (Wildman–Crippen MR) is 81.6 cm³/mol. The molecular formula is C18H22O4. The van der Waals surface area contributed by atoms with Crippen LogP contribution < -0.4 is 4.74 Å². The molecule has 1 aromatic carbocycles. The minimum Gasteiger partial charge on any atom is -0.497 e. The van der Waals surface area contributed by atoms with Crippen molar-refractivity contribution in [3.8, 4) is 5.75 Å². The van der Waals surface area contributed by atoms with Crippen LogP contribution in [-0.2, 0) is 20.9 Å². The van der Waals surface area contributed by atoms with E-state index in [1.54, 1.807) is 7.11 Å². The molecule has 0 saturated heterocycles. The highest BCUT2D eigenvalue weighted by atomic mass is 16.5. The highest BCUT2D eigenvalue weighted by Gasteiger charge is 2.69. The Bertz CT molecular complexity index is 590. The van der Waals surface area contributed by atoms with Gasteiger partial charge in [0.25, 0.3) is 0 Å². The molecule has 2 aliphatic rings. The minimum absolute atomic E-state index is 0.0303. The number of aldehydes is 1. The number of ether oxygens (including phenoxy) is 2. The summed E-state index contributed by atoms with van der Waals surface area (Å²) in [5, 5.41) is 0. The van der Waals surface area contributed by atoms with Crippen LogP contribution in [0.25, 0.3) is 0 Å². The van der Waals surface area contributed by atoms with E-state index in [1.807, 2.05) is 38.1 Å². The number of carbonyl (C=O) groups excluding carboxylic acids is 2. The standard InChI is InChI=1S/C18H22O4/c1-17(2)14-8-9-18(17,11-19)16(20)15(14)22-10-12-4-6-13(21-3)7-5-12/h4-7,11,14-15H,8-10H2,1-3H3/t14?,15-,18?/m1/s1. The summed E-state index contributed by atoms with van der Waals surface area (Å²) in [7, 11) is 1.63. The number of hydrogen-bond donors (Lipinski definition) is 0. The largest absolute Gasteiger partial charge is 0.497 e. The molecule has 0 N–H and O–H groups in total. The molecule has 0 heterocycles. The number of Topliss-reactive ketones (excluding diaryl/α,β-unsaturated/α-hetero) is 1. The number of carbonyl (C=O) groups is 2. The summed E-state index contributed by atoms with van der Waals surface area (Å²) in [5.41, 5.74) is -0.159. The zero-order valence-corrected chi connectivity index (χ0v) is 13.3. The van der Waals surface area contributed by atoms with Crippen LogP contribution in [0, 0.1) is 16.7 Å². The fraction of sp³-hybridized carbons (Fsp3) is 0.556. The smallest absolute Gasteiger partial charge is 0.175 e. The molecule has 2 fully saturated rings. The fourth-order valence-corrected chi connectivity index (χ4v) is 4.17. The molecule has 4 nitrogen and oxygen atoms in total. The Morgan fingerprint density at radius 2 is 1.95 bits per heavy atom. The van der Waals surface area contributed by atoms with E-state index in [4.69, 9.17) is 9.47 Å². The molecule has 0 aromatic heterocycles. The second kappa shape index (κ2) is 5.20. The molecule has 0 spiro atoms. The Balaban J connectivity index is 1.74. The SMILES string of the molecule is COc1ccc(CO[C@H]2C(=O)C3(C=O)CCC2C3(C)C)cc1. The summed E-state index contributed by atoms with van der Waals surface area (Å²) in [4.78, 5) is 24.3. The number of methoxy groups -OCH3 is 1. The zero-order valence-electron chi connectivity index (χ0n) is 13.3. The summed E-state index contributed by atoms with van der Waals surface area (Å²) in [6.07, 6.45) is 1.95. The average Bonchev–Trinajstić information content (AvgIpc) is 2.87. The molecule has 0 radical (unpaired) electrons. The summed E-state index contributed by atoms with van der Waals surface area (Å²) in [5.74, 6) is 0.890. The second-order valence-corrected chi connectivity index (χ2v) is 6.90. The third kappa shape index (κ3) is 1.93. The molecule has 4 heteroatoms. The molecule has 2 bridgehead atoms. The Morgan fingerprint density at radius 1 is 1.27 bits per heavy atom. The van der Waals surface area contributed by atoms with E-state index in [2.05, 4.69) is 0 Å². The van der Waals surface area contributed by atoms with Gasteiger partial charge in [0.15, 0.2) is 5.78 Å². The minimum atomic E-state index is -0.845. The Hall–Kier alpha value is -1.68. The van der Waals surface area contributed by atoms with Gasteiger partial charge in [-0.25, -0.2) is 0 Å². The van der Waals surface area contributed by atoms with Crippen molar-refractivity contribution < 1.29 is 19.1 Å². The quantitative estimate of drug-likeness (QED) is 0.620. The lowest BCUT2D eigenvalue weighted by atomic mass is 9.70. The maximum absolute atomic E-state index is 12.7. The van der Waals surface area contributed by atoms with Gasteiger partial charge in [-0.1, -0.05) is 26.0 Å². The van der Waals surface area contributed by atoms with Crippen LogP contribution in [0.1, 0.15) is 32.3 Å². The van der Waals surface area contributed by atoms with Gasteiger partial charge < -0.3 is 14.3 Å². The van der Waals surface area contributed by atoms with Crippen molar-refractivity contribution in [1.29, 1.82) is 0 Å². The van der Waals surface area contributed by atoms with E-state index < -0.39 is 11.5 Å². The van der Waals surface area contributed by atoms with Crippen LogP contribution in [-0.4, -0.2) is 25.3 Å². The van der Waals surface area contributed by atoms with Crippen molar-refractivity contribution in [2.45, 2.75) is 39.4 Å². The van der Waals surface area contributed by atoms with Crippen molar-refractivity contribution in [2.24, 2.45) is 16.7 Å². The second-order valence-electron chi connectivity index (χ2n) is 6.90. The number of rotatable bonds is 5. The van der Waals surface area contributed by atoms with Crippen LogP contribution in [0.3, 0.4) is 0 Å². The molecule has 3 rings (SSSR count). The van der Waals surface area contributed by atoms with Crippen molar-refractivity contribution in [2.75, 3.05) is 7.11 Å². The van der Waals surface area contributed by atoms with Gasteiger partial charge in [-0.05, 0) is 41.9 Å². The summed E-state index contributed by atoms with van der Waals surface area (Å²) in [6, 6.07) is 7.60. The lowest BCUT2D eigenvalue weighted by Crippen LogP contribution is -2.40. The van der Waals surface area contributed by atoms with E-state index in [0.717, 1.165) is 24.0 Å². The number of benzene rings is 1. The Morgan fingerprint density at radius 3 is 2.50 bits per heavy atom. The van der Waals surface area contributed by atoms with E-state index in [9.17, 15) is 9.59 Å².